The summed E-state index contributed by atoms with van der Waals surface area (Å²) in [5, 5.41) is 7.45. The molecule has 31 heavy (non-hydrogen) atoms. The second-order valence-corrected chi connectivity index (χ2v) is 8.20. The van der Waals surface area contributed by atoms with Crippen LogP contribution in [0.2, 0.25) is 0 Å². The van der Waals surface area contributed by atoms with Crippen LogP contribution >= 0.6 is 0 Å². The average Bonchev–Trinajstić information content (AvgIpc) is 3.09. The molecule has 1 aliphatic rings. The van der Waals surface area contributed by atoms with Gasteiger partial charge in [0.05, 0.1) is 5.69 Å². The zero-order valence-electron chi connectivity index (χ0n) is 18.3. The van der Waals surface area contributed by atoms with E-state index in [9.17, 15) is 9.59 Å². The van der Waals surface area contributed by atoms with Crippen LogP contribution in [0.3, 0.4) is 0 Å². The van der Waals surface area contributed by atoms with Crippen molar-refractivity contribution in [2.45, 2.75) is 52.6 Å². The smallest absolute Gasteiger partial charge is 0.247 e. The Bertz CT molecular complexity index is 1100. The Balaban J connectivity index is 1.56. The first-order chi connectivity index (χ1) is 14.9. The third-order valence-electron chi connectivity index (χ3n) is 5.78. The van der Waals surface area contributed by atoms with Gasteiger partial charge in [-0.15, -0.1) is 0 Å². The zero-order chi connectivity index (χ0) is 22.0. The Morgan fingerprint density at radius 3 is 2.52 bits per heavy atom. The van der Waals surface area contributed by atoms with E-state index in [1.54, 1.807) is 4.90 Å². The fourth-order valence-corrected chi connectivity index (χ4v) is 4.19. The molecule has 1 aromatic heterocycles. The second-order valence-electron chi connectivity index (χ2n) is 8.20. The van der Waals surface area contributed by atoms with Crippen LogP contribution in [0.1, 0.15) is 35.4 Å². The van der Waals surface area contributed by atoms with Gasteiger partial charge >= 0.3 is 0 Å². The monoisotopic (exact) mass is 416 g/mol. The largest absolute Gasteiger partial charge is 0.324 e. The van der Waals surface area contributed by atoms with Crippen molar-refractivity contribution < 1.29 is 9.59 Å². The van der Waals surface area contributed by atoms with Gasteiger partial charge in [0.15, 0.2) is 0 Å². The van der Waals surface area contributed by atoms with Gasteiger partial charge in [-0.3, -0.25) is 19.2 Å². The van der Waals surface area contributed by atoms with Crippen molar-refractivity contribution in [3.05, 3.63) is 77.1 Å². The molecule has 1 unspecified atom stereocenters. The zero-order valence-corrected chi connectivity index (χ0v) is 18.3. The molecule has 3 aromatic rings. The summed E-state index contributed by atoms with van der Waals surface area (Å²) in [5.74, 6) is -0.221. The topological polar surface area (TPSA) is 67.2 Å². The average molecular weight is 417 g/mol. The molecule has 2 heterocycles. The molecule has 6 nitrogen and oxygen atoms in total. The van der Waals surface area contributed by atoms with E-state index in [1.165, 1.54) is 0 Å². The third-order valence-corrected chi connectivity index (χ3v) is 5.78. The molecule has 0 fully saturated rings. The van der Waals surface area contributed by atoms with Crippen LogP contribution in [-0.4, -0.2) is 27.6 Å². The number of anilines is 2. The first-order valence-corrected chi connectivity index (χ1v) is 10.7. The van der Waals surface area contributed by atoms with Crippen LogP contribution in [0.25, 0.3) is 0 Å². The van der Waals surface area contributed by atoms with E-state index >= 15 is 0 Å². The van der Waals surface area contributed by atoms with Crippen molar-refractivity contribution in [1.29, 1.82) is 0 Å². The van der Waals surface area contributed by atoms with Crippen molar-refractivity contribution in [3.63, 3.8) is 0 Å². The first kappa shape index (κ1) is 20.8. The number of para-hydroxylation sites is 1. The summed E-state index contributed by atoms with van der Waals surface area (Å²) in [5.41, 5.74) is 5.76. The van der Waals surface area contributed by atoms with Gasteiger partial charge in [0.1, 0.15) is 6.04 Å². The summed E-state index contributed by atoms with van der Waals surface area (Å²) in [6, 6.07) is 17.0. The maximum atomic E-state index is 13.4. The second kappa shape index (κ2) is 8.76. The van der Waals surface area contributed by atoms with Crippen molar-refractivity contribution in [2.24, 2.45) is 0 Å². The Labute approximate surface area is 182 Å². The number of fused-ring (bicyclic) bond motifs is 1. The minimum absolute atomic E-state index is 0.0660. The lowest BCUT2D eigenvalue weighted by Gasteiger charge is -2.36. The predicted octanol–water partition coefficient (Wildman–Crippen LogP) is 4.19. The van der Waals surface area contributed by atoms with Gasteiger partial charge in [-0.05, 0) is 63.4 Å². The summed E-state index contributed by atoms with van der Waals surface area (Å²) in [6.07, 6.45) is 1.65. The summed E-state index contributed by atoms with van der Waals surface area (Å²) in [6.45, 7) is 6.42. The summed E-state index contributed by atoms with van der Waals surface area (Å²) < 4.78 is 1.85. The lowest BCUT2D eigenvalue weighted by Crippen LogP contribution is -2.50. The SMILES string of the molecule is Cc1ccc(NC(=O)C2CCc3ccccc3N2C(=O)CCn2nc(C)cc2C)cc1. The van der Waals surface area contributed by atoms with Crippen LogP contribution in [0.4, 0.5) is 11.4 Å². The molecule has 0 spiro atoms. The van der Waals surface area contributed by atoms with Gasteiger partial charge in [0, 0.05) is 30.0 Å². The number of rotatable bonds is 5. The summed E-state index contributed by atoms with van der Waals surface area (Å²) in [4.78, 5) is 28.2. The van der Waals surface area contributed by atoms with Crippen LogP contribution in [-0.2, 0) is 22.6 Å². The molecule has 2 aromatic carbocycles. The molecule has 2 amide bonds. The third kappa shape index (κ3) is 4.53. The number of benzene rings is 2. The number of nitrogens with one attached hydrogen (secondary N) is 1. The van der Waals surface area contributed by atoms with Gasteiger partial charge in [-0.1, -0.05) is 35.9 Å². The molecule has 1 N–H and O–H groups in total. The maximum Gasteiger partial charge on any atom is 0.247 e. The fourth-order valence-electron chi connectivity index (χ4n) is 4.19. The van der Waals surface area contributed by atoms with Crippen molar-refractivity contribution in [1.82, 2.24) is 9.78 Å². The molecule has 0 saturated carbocycles. The van der Waals surface area contributed by atoms with Crippen LogP contribution in [0.5, 0.6) is 0 Å². The molecule has 160 valence electrons. The van der Waals surface area contributed by atoms with E-state index in [-0.39, 0.29) is 18.2 Å². The summed E-state index contributed by atoms with van der Waals surface area (Å²) in [7, 11) is 0. The van der Waals surface area contributed by atoms with E-state index in [1.807, 2.05) is 80.1 Å². The molecule has 0 radical (unpaired) electrons. The van der Waals surface area contributed by atoms with Gasteiger partial charge in [0.25, 0.3) is 0 Å². The molecule has 6 heteroatoms. The highest BCUT2D eigenvalue weighted by atomic mass is 16.2. The number of hydrogen-bond donors (Lipinski definition) is 1. The number of amides is 2. The Morgan fingerprint density at radius 1 is 1.06 bits per heavy atom. The van der Waals surface area contributed by atoms with Gasteiger partial charge < -0.3 is 5.32 Å². The first-order valence-electron chi connectivity index (χ1n) is 10.7. The Morgan fingerprint density at radius 2 is 1.81 bits per heavy atom. The number of hydrogen-bond acceptors (Lipinski definition) is 3. The molecule has 0 aliphatic carbocycles. The van der Waals surface area contributed by atoms with Crippen molar-refractivity contribution in [2.75, 3.05) is 10.2 Å². The Hall–Kier alpha value is -3.41. The quantitative estimate of drug-likeness (QED) is 0.678. The number of nitrogens with zero attached hydrogens (tertiary/aromatic N) is 3. The molecule has 0 saturated heterocycles. The number of aromatic nitrogens is 2. The number of carbonyl (C=O) groups is 2. The van der Waals surface area contributed by atoms with Crippen LogP contribution in [0, 0.1) is 20.8 Å². The number of carbonyl (C=O) groups excluding carboxylic acids is 2. The van der Waals surface area contributed by atoms with Crippen LogP contribution in [0.15, 0.2) is 54.6 Å². The van der Waals surface area contributed by atoms with Gasteiger partial charge in [-0.2, -0.15) is 5.10 Å². The number of aryl methyl sites for hydroxylation is 5. The Kier molecular flexibility index (Phi) is 5.89. The highest BCUT2D eigenvalue weighted by molar-refractivity contribution is 6.05. The molecule has 1 atom stereocenters. The molecule has 4 rings (SSSR count). The highest BCUT2D eigenvalue weighted by Gasteiger charge is 2.35. The molecular weight excluding hydrogens is 388 g/mol. The maximum absolute atomic E-state index is 13.4. The standard InChI is InChI=1S/C25H28N4O2/c1-17-8-11-21(12-9-17)26-25(31)23-13-10-20-6-4-5-7-22(20)29(23)24(30)14-15-28-19(3)16-18(2)27-28/h4-9,11-12,16,23H,10,13-15H2,1-3H3,(H,26,31). The van der Waals surface area contributed by atoms with Crippen molar-refractivity contribution in [3.8, 4) is 0 Å². The lowest BCUT2D eigenvalue weighted by molar-refractivity contribution is -0.124. The van der Waals surface area contributed by atoms with E-state index < -0.39 is 6.04 Å². The minimum Gasteiger partial charge on any atom is -0.324 e. The van der Waals surface area contributed by atoms with Gasteiger partial charge in [0.2, 0.25) is 11.8 Å². The van der Waals surface area contributed by atoms with Gasteiger partial charge in [-0.25, -0.2) is 0 Å². The normalized spacial score (nSPS) is 15.5. The molecular formula is C25H28N4O2. The lowest BCUT2D eigenvalue weighted by atomic mass is 9.94. The minimum atomic E-state index is -0.538. The highest BCUT2D eigenvalue weighted by Crippen LogP contribution is 2.32. The van der Waals surface area contributed by atoms with E-state index in [2.05, 4.69) is 10.4 Å². The fraction of sp³-hybridized carbons (Fsp3) is 0.320. The molecule has 0 bridgehead atoms. The predicted molar refractivity (Wildman–Crippen MR) is 122 cm³/mol. The van der Waals surface area contributed by atoms with E-state index in [0.717, 1.165) is 40.3 Å². The van der Waals surface area contributed by atoms with E-state index in [4.69, 9.17) is 0 Å². The van der Waals surface area contributed by atoms with E-state index in [0.29, 0.717) is 13.0 Å². The van der Waals surface area contributed by atoms with Crippen molar-refractivity contribution >= 4 is 23.2 Å². The molecule has 1 aliphatic heterocycles. The van der Waals surface area contributed by atoms with Crippen LogP contribution < -0.4 is 10.2 Å². The summed E-state index contributed by atoms with van der Waals surface area (Å²) >= 11 is 0.